The third-order valence-corrected chi connectivity index (χ3v) is 2.17. The molecule has 0 unspecified atom stereocenters. The zero-order chi connectivity index (χ0) is 13.5. The molecule has 96 valence electrons. The summed E-state index contributed by atoms with van der Waals surface area (Å²) in [6.07, 6.45) is 3.26. The van der Waals surface area contributed by atoms with Crippen molar-refractivity contribution in [1.29, 1.82) is 0 Å². The number of ketones is 1. The molecule has 1 aromatic rings. The number of hydrogen-bond acceptors (Lipinski definition) is 7. The van der Waals surface area contributed by atoms with Gasteiger partial charge >= 0.3 is 103 Å². The summed E-state index contributed by atoms with van der Waals surface area (Å²) in [6.45, 7) is 0. The second-order valence-electron chi connectivity index (χ2n) is 3.54. The molecule has 0 atom stereocenters. The van der Waals surface area contributed by atoms with Crippen LogP contribution in [0, 0.1) is 0 Å². The van der Waals surface area contributed by atoms with E-state index in [0.717, 1.165) is 18.4 Å². The fourth-order valence-corrected chi connectivity index (χ4v) is 1.50. The van der Waals surface area contributed by atoms with E-state index in [1.54, 1.807) is 18.3 Å². The Kier molecular flexibility index (Phi) is 14.3. The minimum absolute atomic E-state index is 0. The fourth-order valence-electron chi connectivity index (χ4n) is 1.50. The molecule has 0 saturated carbocycles. The summed E-state index contributed by atoms with van der Waals surface area (Å²) in [7, 11) is 0. The molecule has 0 spiro atoms. The second-order valence-corrected chi connectivity index (χ2v) is 3.54. The van der Waals surface area contributed by atoms with Gasteiger partial charge in [0, 0.05) is 18.2 Å². The molecule has 0 radical (unpaired) electrons. The van der Waals surface area contributed by atoms with Gasteiger partial charge in [-0.2, -0.15) is 0 Å². The number of nitrogens with zero attached hydrogens (tertiary/aromatic N) is 2. The first kappa shape index (κ1) is 23.1. The Morgan fingerprint density at radius 1 is 1.25 bits per heavy atom. The number of rotatable bonds is 1. The van der Waals surface area contributed by atoms with Crippen LogP contribution in [0.5, 0.6) is 0 Å². The van der Waals surface area contributed by atoms with Crippen molar-refractivity contribution in [2.24, 2.45) is 0 Å². The molecule has 7 nitrogen and oxygen atoms in total. The van der Waals surface area contributed by atoms with Gasteiger partial charge in [-0.1, -0.05) is 0 Å². The summed E-state index contributed by atoms with van der Waals surface area (Å²) >= 11 is 0. The summed E-state index contributed by atoms with van der Waals surface area (Å²) in [5.74, 6) is 1.17. The summed E-state index contributed by atoms with van der Waals surface area (Å²) in [5, 5.41) is 16.7. The summed E-state index contributed by atoms with van der Waals surface area (Å²) < 4.78 is 0. The average Bonchev–Trinajstić information content (AvgIpc) is 2.28. The normalized spacial score (nSPS) is 12.8. The van der Waals surface area contributed by atoms with Crippen molar-refractivity contribution < 1.29 is 123 Å². The van der Waals surface area contributed by atoms with Gasteiger partial charge in [0.1, 0.15) is 5.82 Å². The molecule has 1 aliphatic carbocycles. The van der Waals surface area contributed by atoms with Crippen molar-refractivity contribution in [2.45, 2.75) is 19.3 Å². The van der Waals surface area contributed by atoms with E-state index in [1.165, 1.54) is 0 Å². The minimum atomic E-state index is -2.33. The van der Waals surface area contributed by atoms with Crippen LogP contribution < -0.4 is 119 Å². The number of carbonyl (C=O) groups is 2. The van der Waals surface area contributed by atoms with E-state index in [4.69, 9.17) is 20.7 Å². The molecule has 9 heteroatoms. The van der Waals surface area contributed by atoms with Gasteiger partial charge in [0.15, 0.2) is 11.6 Å². The molecular formula is C11H11K2N3O4. The number of carboxylic acid groups (broad SMARTS) is 2. The predicted octanol–water partition coefficient (Wildman–Crippen LogP) is -7.24. The topological polar surface area (TPSA) is 132 Å². The fraction of sp³-hybridized carbons (Fsp3) is 0.273. The standard InChI is InChI=1S/C10H11N3O.CH2O3.2K/c11-9-4-5-12-10(13-9)7-2-1-3-8(14)6-7;2-1(3)4;;/h4-6H,1-3H2,(H2,11,12,13);(H2,2,3,4);;/q;;2*+1/p-2. The van der Waals surface area contributed by atoms with Gasteiger partial charge in [-0.3, -0.25) is 4.79 Å². The number of nitrogens with two attached hydrogens (primary N) is 1. The molecule has 1 aliphatic rings. The number of aromatic nitrogens is 2. The monoisotopic (exact) mass is 327 g/mol. The Bertz CT molecular complexity index is 490. The summed E-state index contributed by atoms with van der Waals surface area (Å²) in [6, 6.07) is 1.63. The van der Waals surface area contributed by atoms with Gasteiger partial charge in [0.2, 0.25) is 0 Å². The third kappa shape index (κ3) is 9.71. The van der Waals surface area contributed by atoms with Gasteiger partial charge in [-0.05, 0) is 31.1 Å². The van der Waals surface area contributed by atoms with Crippen LogP contribution in [0.4, 0.5) is 10.6 Å². The quantitative estimate of drug-likeness (QED) is 0.507. The van der Waals surface area contributed by atoms with Crippen LogP contribution >= 0.6 is 0 Å². The number of nitrogen functional groups attached to an aromatic ring is 1. The van der Waals surface area contributed by atoms with E-state index in [-0.39, 0.29) is 109 Å². The molecule has 1 heterocycles. The SMILES string of the molecule is Nc1ccnc(C2=CC(=O)CCC2)n1.O=C([O-])[O-].[K+].[K+]. The average molecular weight is 327 g/mol. The van der Waals surface area contributed by atoms with Crippen molar-refractivity contribution in [3.05, 3.63) is 24.2 Å². The van der Waals surface area contributed by atoms with E-state index in [2.05, 4.69) is 9.97 Å². The van der Waals surface area contributed by atoms with Crippen molar-refractivity contribution in [3.8, 4) is 0 Å². The maximum atomic E-state index is 11.2. The minimum Gasteiger partial charge on any atom is -0.652 e. The van der Waals surface area contributed by atoms with E-state index >= 15 is 0 Å². The van der Waals surface area contributed by atoms with Crippen LogP contribution in [-0.2, 0) is 4.79 Å². The molecule has 0 fully saturated rings. The Morgan fingerprint density at radius 2 is 1.85 bits per heavy atom. The van der Waals surface area contributed by atoms with Crippen LogP contribution in [0.15, 0.2) is 18.3 Å². The van der Waals surface area contributed by atoms with Crippen LogP contribution in [-0.4, -0.2) is 21.9 Å². The molecule has 1 aromatic heterocycles. The maximum absolute atomic E-state index is 11.2. The van der Waals surface area contributed by atoms with Gasteiger partial charge in [0.25, 0.3) is 0 Å². The Balaban J connectivity index is 0. The third-order valence-electron chi connectivity index (χ3n) is 2.17. The van der Waals surface area contributed by atoms with Crippen molar-refractivity contribution >= 4 is 23.3 Å². The molecule has 20 heavy (non-hydrogen) atoms. The van der Waals surface area contributed by atoms with Gasteiger partial charge in [0.05, 0.1) is 0 Å². The summed E-state index contributed by atoms with van der Waals surface area (Å²) in [4.78, 5) is 27.7. The smallest absolute Gasteiger partial charge is 0.652 e. The van der Waals surface area contributed by atoms with E-state index in [9.17, 15) is 4.79 Å². The first-order valence-electron chi connectivity index (χ1n) is 5.19. The predicted molar refractivity (Wildman–Crippen MR) is 58.7 cm³/mol. The number of carbonyl (C=O) groups excluding carboxylic acids is 2. The van der Waals surface area contributed by atoms with Crippen LogP contribution in [0.25, 0.3) is 5.57 Å². The number of anilines is 1. The number of allylic oxidation sites excluding steroid dienone is 2. The molecule has 0 aromatic carbocycles. The first-order chi connectivity index (χ1) is 8.49. The van der Waals surface area contributed by atoms with Crippen molar-refractivity contribution in [3.63, 3.8) is 0 Å². The van der Waals surface area contributed by atoms with E-state index < -0.39 is 6.16 Å². The van der Waals surface area contributed by atoms with E-state index in [0.29, 0.717) is 18.1 Å². The zero-order valence-electron chi connectivity index (χ0n) is 11.5. The molecule has 2 N–H and O–H groups in total. The first-order valence-corrected chi connectivity index (χ1v) is 5.19. The van der Waals surface area contributed by atoms with E-state index in [1.807, 2.05) is 0 Å². The molecule has 0 saturated heterocycles. The Morgan fingerprint density at radius 3 is 2.35 bits per heavy atom. The van der Waals surface area contributed by atoms with Gasteiger partial charge in [-0.15, -0.1) is 0 Å². The molecule has 0 bridgehead atoms. The summed E-state index contributed by atoms with van der Waals surface area (Å²) in [5.41, 5.74) is 6.43. The van der Waals surface area contributed by atoms with Crippen molar-refractivity contribution in [2.75, 3.05) is 5.73 Å². The Labute approximate surface area is 201 Å². The zero-order valence-corrected chi connectivity index (χ0v) is 17.7. The maximum Gasteiger partial charge on any atom is 1.00 e. The Hall–Kier alpha value is 0.833. The van der Waals surface area contributed by atoms with Crippen LogP contribution in [0.2, 0.25) is 0 Å². The van der Waals surface area contributed by atoms with Crippen LogP contribution in [0.1, 0.15) is 25.1 Å². The van der Waals surface area contributed by atoms with Gasteiger partial charge < -0.3 is 20.7 Å². The molecule has 0 amide bonds. The second kappa shape index (κ2) is 12.4. The van der Waals surface area contributed by atoms with Crippen molar-refractivity contribution in [1.82, 2.24) is 9.97 Å². The van der Waals surface area contributed by atoms with Gasteiger partial charge in [-0.25, -0.2) is 9.97 Å². The largest absolute Gasteiger partial charge is 1.00 e. The number of hydrogen-bond donors (Lipinski definition) is 1. The van der Waals surface area contributed by atoms with Crippen LogP contribution in [0.3, 0.4) is 0 Å². The molecular weight excluding hydrogens is 316 g/mol. The molecule has 2 rings (SSSR count). The molecule has 0 aliphatic heterocycles.